The van der Waals surface area contributed by atoms with Gasteiger partial charge in [0.25, 0.3) is 5.56 Å². The molecular weight excluding hydrogens is 288 g/mol. The zero-order valence-electron chi connectivity index (χ0n) is 9.93. The first-order valence-electron chi connectivity index (χ1n) is 5.07. The predicted molar refractivity (Wildman–Crippen MR) is 68.9 cm³/mol. The molecule has 17 heavy (non-hydrogen) atoms. The molecule has 0 aromatic carbocycles. The molecule has 6 nitrogen and oxygen atoms in total. The average molecular weight is 303 g/mol. The number of halogens is 1. The second-order valence-corrected chi connectivity index (χ2v) is 5.34. The van der Waals surface area contributed by atoms with E-state index in [0.29, 0.717) is 5.82 Å². The first-order chi connectivity index (χ1) is 7.79. The largest absolute Gasteiger partial charge is 0.360 e. The van der Waals surface area contributed by atoms with Crippen molar-refractivity contribution in [3.8, 4) is 0 Å². The molecule has 0 bridgehead atoms. The van der Waals surface area contributed by atoms with Crippen molar-refractivity contribution in [2.45, 2.75) is 26.3 Å². The Balaban J connectivity index is 2.60. The number of carbonyl (C=O) groups is 1. The summed E-state index contributed by atoms with van der Waals surface area (Å²) in [4.78, 5) is 29.1. The molecule has 1 rings (SSSR count). The molecule has 3 N–H and O–H groups in total. The second-order valence-electron chi connectivity index (χ2n) is 4.55. The van der Waals surface area contributed by atoms with Crippen LogP contribution in [0.3, 0.4) is 0 Å². The van der Waals surface area contributed by atoms with E-state index in [4.69, 9.17) is 0 Å². The molecule has 94 valence electrons. The first kappa shape index (κ1) is 13.7. The maximum atomic E-state index is 11.5. The fourth-order valence-corrected chi connectivity index (χ4v) is 1.49. The molecule has 0 radical (unpaired) electrons. The number of aromatic nitrogens is 2. The van der Waals surface area contributed by atoms with Crippen LogP contribution in [0.5, 0.6) is 0 Å². The molecule has 7 heteroatoms. The smallest absolute Gasteiger partial charge is 0.267 e. The molecule has 0 unspecified atom stereocenters. The molecule has 1 heterocycles. The van der Waals surface area contributed by atoms with Crippen molar-refractivity contribution in [3.05, 3.63) is 21.2 Å². The van der Waals surface area contributed by atoms with Crippen molar-refractivity contribution < 1.29 is 4.79 Å². The van der Waals surface area contributed by atoms with Crippen LogP contribution in [0, 0.1) is 0 Å². The second kappa shape index (κ2) is 5.31. The van der Waals surface area contributed by atoms with Gasteiger partial charge in [0, 0.05) is 5.54 Å². The van der Waals surface area contributed by atoms with Crippen molar-refractivity contribution in [2.75, 3.05) is 11.9 Å². The predicted octanol–water partition coefficient (Wildman–Crippen LogP) is 0.859. The van der Waals surface area contributed by atoms with E-state index in [9.17, 15) is 9.59 Å². The zero-order valence-corrected chi connectivity index (χ0v) is 11.5. The number of hydrogen-bond donors (Lipinski definition) is 3. The van der Waals surface area contributed by atoms with Crippen molar-refractivity contribution >= 4 is 27.7 Å². The Morgan fingerprint density at radius 3 is 2.76 bits per heavy atom. The van der Waals surface area contributed by atoms with Gasteiger partial charge in [-0.15, -0.1) is 0 Å². The van der Waals surface area contributed by atoms with Crippen molar-refractivity contribution in [1.82, 2.24) is 15.3 Å². The van der Waals surface area contributed by atoms with E-state index in [0.717, 1.165) is 0 Å². The van der Waals surface area contributed by atoms with E-state index in [1.807, 2.05) is 20.8 Å². The van der Waals surface area contributed by atoms with Crippen LogP contribution in [0.4, 0.5) is 5.82 Å². The highest BCUT2D eigenvalue weighted by molar-refractivity contribution is 9.10. The number of H-pyrrole nitrogens is 1. The topological polar surface area (TPSA) is 86.9 Å². The Kier molecular flexibility index (Phi) is 4.28. The maximum Gasteiger partial charge on any atom is 0.267 e. The number of carbonyl (C=O) groups excluding carboxylic acids is 1. The van der Waals surface area contributed by atoms with Crippen LogP contribution in [0.15, 0.2) is 15.6 Å². The minimum atomic E-state index is -0.293. The quantitative estimate of drug-likeness (QED) is 0.773. The van der Waals surface area contributed by atoms with Gasteiger partial charge in [-0.3, -0.25) is 9.59 Å². The molecule has 0 aliphatic carbocycles. The molecule has 1 amide bonds. The molecule has 1 aromatic heterocycles. The van der Waals surface area contributed by atoms with Gasteiger partial charge in [0.2, 0.25) is 5.91 Å². The lowest BCUT2D eigenvalue weighted by atomic mass is 10.1. The highest BCUT2D eigenvalue weighted by Crippen LogP contribution is 2.12. The Morgan fingerprint density at radius 1 is 1.53 bits per heavy atom. The molecular formula is C10H15BrN4O2. The van der Waals surface area contributed by atoms with Gasteiger partial charge >= 0.3 is 0 Å². The van der Waals surface area contributed by atoms with Gasteiger partial charge in [0.1, 0.15) is 10.3 Å². The number of nitrogens with zero attached hydrogens (tertiary/aromatic N) is 1. The van der Waals surface area contributed by atoms with Crippen LogP contribution in [0.2, 0.25) is 0 Å². The normalized spacial score (nSPS) is 11.1. The minimum Gasteiger partial charge on any atom is -0.360 e. The third kappa shape index (κ3) is 4.56. The molecule has 0 fully saturated rings. The summed E-state index contributed by atoms with van der Waals surface area (Å²) in [6, 6.07) is 0. The summed E-state index contributed by atoms with van der Waals surface area (Å²) >= 11 is 3.09. The summed E-state index contributed by atoms with van der Waals surface area (Å²) in [6.07, 6.45) is 1.27. The summed E-state index contributed by atoms with van der Waals surface area (Å²) in [5.74, 6) is 0.185. The Morgan fingerprint density at radius 2 is 2.18 bits per heavy atom. The monoisotopic (exact) mass is 302 g/mol. The number of amides is 1. The lowest BCUT2D eigenvalue weighted by Gasteiger charge is -2.20. The number of hydrogen-bond acceptors (Lipinski definition) is 4. The van der Waals surface area contributed by atoms with E-state index in [1.54, 1.807) is 0 Å². The third-order valence-electron chi connectivity index (χ3n) is 1.73. The van der Waals surface area contributed by atoms with Gasteiger partial charge in [-0.25, -0.2) is 4.98 Å². The lowest BCUT2D eigenvalue weighted by molar-refractivity contribution is -0.120. The minimum absolute atomic E-state index is 0.0618. The van der Waals surface area contributed by atoms with Crippen molar-refractivity contribution in [3.63, 3.8) is 0 Å². The Labute approximate surface area is 107 Å². The van der Waals surface area contributed by atoms with Gasteiger partial charge < -0.3 is 15.6 Å². The van der Waals surface area contributed by atoms with Crippen LogP contribution in [0.25, 0.3) is 0 Å². The van der Waals surface area contributed by atoms with Gasteiger partial charge in [0.15, 0.2) is 0 Å². The average Bonchev–Trinajstić information content (AvgIpc) is 2.18. The van der Waals surface area contributed by atoms with Crippen LogP contribution < -0.4 is 16.2 Å². The Bertz CT molecular complexity index is 464. The zero-order chi connectivity index (χ0) is 13.1. The van der Waals surface area contributed by atoms with Crippen LogP contribution in [-0.4, -0.2) is 28.0 Å². The number of nitrogens with one attached hydrogen (secondary N) is 3. The number of aromatic amines is 1. The fourth-order valence-electron chi connectivity index (χ4n) is 1.13. The molecule has 0 saturated heterocycles. The first-order valence-corrected chi connectivity index (χ1v) is 5.87. The van der Waals surface area contributed by atoms with Gasteiger partial charge in [-0.2, -0.15) is 0 Å². The molecule has 0 aliphatic heterocycles. The van der Waals surface area contributed by atoms with Gasteiger partial charge in [0.05, 0.1) is 12.9 Å². The van der Waals surface area contributed by atoms with E-state index >= 15 is 0 Å². The molecule has 0 saturated carbocycles. The summed E-state index contributed by atoms with van der Waals surface area (Å²) < 4.78 is 0.281. The van der Waals surface area contributed by atoms with Crippen LogP contribution in [-0.2, 0) is 4.79 Å². The van der Waals surface area contributed by atoms with E-state index in [1.165, 1.54) is 6.33 Å². The van der Waals surface area contributed by atoms with E-state index in [-0.39, 0.29) is 28.0 Å². The molecule has 1 aromatic rings. The molecule has 0 aliphatic rings. The highest BCUT2D eigenvalue weighted by atomic mass is 79.9. The number of rotatable bonds is 3. The van der Waals surface area contributed by atoms with Crippen LogP contribution in [0.1, 0.15) is 20.8 Å². The maximum absolute atomic E-state index is 11.5. The Hall–Kier alpha value is -1.37. The van der Waals surface area contributed by atoms with Gasteiger partial charge in [-0.1, -0.05) is 0 Å². The summed E-state index contributed by atoms with van der Waals surface area (Å²) in [5.41, 5.74) is -0.573. The van der Waals surface area contributed by atoms with Crippen molar-refractivity contribution in [1.29, 1.82) is 0 Å². The fraction of sp³-hybridized carbons (Fsp3) is 0.500. The summed E-state index contributed by atoms with van der Waals surface area (Å²) in [7, 11) is 0. The van der Waals surface area contributed by atoms with E-state index < -0.39 is 0 Å². The molecule has 0 atom stereocenters. The molecule has 0 spiro atoms. The van der Waals surface area contributed by atoms with Gasteiger partial charge in [-0.05, 0) is 36.7 Å². The summed E-state index contributed by atoms with van der Waals surface area (Å²) in [6.45, 7) is 5.75. The third-order valence-corrected chi connectivity index (χ3v) is 2.46. The SMILES string of the molecule is CC(C)(C)NC(=O)CNc1nc[nH]c(=O)c1Br. The van der Waals surface area contributed by atoms with Crippen molar-refractivity contribution in [2.24, 2.45) is 0 Å². The highest BCUT2D eigenvalue weighted by Gasteiger charge is 2.14. The standard InChI is InChI=1S/C10H15BrN4O2/c1-10(2,3)15-6(16)4-12-8-7(11)9(17)14-5-13-8/h5H,4H2,1-3H3,(H,15,16)(H2,12,13,14,17). The lowest BCUT2D eigenvalue weighted by Crippen LogP contribution is -2.43. The van der Waals surface area contributed by atoms with E-state index in [2.05, 4.69) is 36.5 Å². The number of anilines is 1. The summed E-state index contributed by atoms with van der Waals surface area (Å²) in [5, 5.41) is 5.58. The van der Waals surface area contributed by atoms with Crippen LogP contribution >= 0.6 is 15.9 Å².